The predicted molar refractivity (Wildman–Crippen MR) is 104 cm³/mol. The van der Waals surface area contributed by atoms with Gasteiger partial charge in [0.05, 0.1) is 17.6 Å². The van der Waals surface area contributed by atoms with Crippen LogP contribution < -0.4 is 10.5 Å². The van der Waals surface area contributed by atoms with E-state index in [0.717, 1.165) is 28.0 Å². The number of ether oxygens (including phenoxy) is 1. The number of aryl methyl sites for hydroxylation is 1. The quantitative estimate of drug-likeness (QED) is 0.548. The summed E-state index contributed by atoms with van der Waals surface area (Å²) in [5.74, 6) is 1.41. The van der Waals surface area contributed by atoms with Crippen LogP contribution >= 0.6 is 0 Å². The number of fused-ring (bicyclic) bond motifs is 1. The topological polar surface area (TPSA) is 66.0 Å². The minimum Gasteiger partial charge on any atom is -0.434 e. The number of nitrogens with two attached hydrogens (primary N) is 1. The van der Waals surface area contributed by atoms with Gasteiger partial charge in [-0.2, -0.15) is 8.78 Å². The first kappa shape index (κ1) is 17.9. The molecule has 0 aliphatic carbocycles. The van der Waals surface area contributed by atoms with E-state index < -0.39 is 6.61 Å². The molecule has 0 aliphatic heterocycles. The van der Waals surface area contributed by atoms with Gasteiger partial charge in [-0.3, -0.25) is 0 Å². The lowest BCUT2D eigenvalue weighted by molar-refractivity contribution is -0.0504. The average Bonchev–Trinajstić information content (AvgIpc) is 2.98. The van der Waals surface area contributed by atoms with Crippen LogP contribution in [0.3, 0.4) is 0 Å². The van der Waals surface area contributed by atoms with Crippen LogP contribution in [0.1, 0.15) is 11.4 Å². The molecule has 28 heavy (non-hydrogen) atoms. The summed E-state index contributed by atoms with van der Waals surface area (Å²) >= 11 is 0. The lowest BCUT2D eigenvalue weighted by atomic mass is 10.1. The highest BCUT2D eigenvalue weighted by Crippen LogP contribution is 2.28. The van der Waals surface area contributed by atoms with E-state index in [4.69, 9.17) is 5.73 Å². The first-order valence-corrected chi connectivity index (χ1v) is 8.73. The van der Waals surface area contributed by atoms with Gasteiger partial charge in [0, 0.05) is 17.3 Å². The second-order valence-corrected chi connectivity index (χ2v) is 6.41. The predicted octanol–water partition coefficient (Wildman–Crippen LogP) is 4.64. The molecule has 0 aliphatic rings. The fourth-order valence-corrected chi connectivity index (χ4v) is 3.21. The zero-order valence-electron chi connectivity index (χ0n) is 15.1. The van der Waals surface area contributed by atoms with Gasteiger partial charge in [-0.05, 0) is 42.8 Å². The van der Waals surface area contributed by atoms with Gasteiger partial charge in [-0.1, -0.05) is 24.3 Å². The first-order valence-electron chi connectivity index (χ1n) is 8.73. The van der Waals surface area contributed by atoms with Crippen molar-refractivity contribution in [1.82, 2.24) is 14.5 Å². The fraction of sp³-hybridized carbons (Fsp3) is 0.143. The van der Waals surface area contributed by atoms with E-state index >= 15 is 0 Å². The highest BCUT2D eigenvalue weighted by molar-refractivity contribution is 5.82. The van der Waals surface area contributed by atoms with Gasteiger partial charge in [0.2, 0.25) is 0 Å². The zero-order valence-corrected chi connectivity index (χ0v) is 15.1. The maximum absolute atomic E-state index is 12.7. The van der Waals surface area contributed by atoms with Gasteiger partial charge < -0.3 is 15.0 Å². The molecule has 4 aromatic rings. The number of halogens is 2. The molecular weight excluding hydrogens is 362 g/mol. The van der Waals surface area contributed by atoms with Crippen LogP contribution in [0, 0.1) is 6.92 Å². The van der Waals surface area contributed by atoms with Crippen LogP contribution in [0.4, 0.5) is 14.6 Å². The molecule has 7 heteroatoms. The van der Waals surface area contributed by atoms with E-state index in [9.17, 15) is 8.78 Å². The van der Waals surface area contributed by atoms with Crippen molar-refractivity contribution in [1.29, 1.82) is 0 Å². The Morgan fingerprint density at radius 3 is 2.61 bits per heavy atom. The van der Waals surface area contributed by atoms with E-state index in [1.807, 2.05) is 35.8 Å². The van der Waals surface area contributed by atoms with Crippen LogP contribution in [0.5, 0.6) is 5.75 Å². The highest BCUT2D eigenvalue weighted by atomic mass is 19.3. The summed E-state index contributed by atoms with van der Waals surface area (Å²) < 4.78 is 32.1. The van der Waals surface area contributed by atoms with Gasteiger partial charge in [0.1, 0.15) is 17.4 Å². The van der Waals surface area contributed by atoms with Gasteiger partial charge in [-0.25, -0.2) is 9.97 Å². The molecule has 2 heterocycles. The molecule has 0 atom stereocenters. The monoisotopic (exact) mass is 380 g/mol. The van der Waals surface area contributed by atoms with E-state index in [-0.39, 0.29) is 5.75 Å². The van der Waals surface area contributed by atoms with Crippen molar-refractivity contribution < 1.29 is 13.5 Å². The van der Waals surface area contributed by atoms with E-state index in [1.165, 1.54) is 0 Å². The molecule has 0 amide bonds. The number of nitrogen functional groups attached to an aromatic ring is 1. The Labute approximate surface area is 160 Å². The molecule has 0 radical (unpaired) electrons. The molecule has 4 rings (SSSR count). The van der Waals surface area contributed by atoms with Crippen molar-refractivity contribution in [3.63, 3.8) is 0 Å². The maximum Gasteiger partial charge on any atom is 0.387 e. The molecule has 0 saturated carbocycles. The fourth-order valence-electron chi connectivity index (χ4n) is 3.21. The van der Waals surface area contributed by atoms with Crippen LogP contribution in [-0.2, 0) is 6.54 Å². The SMILES string of the molecule is Cc1nc2ccc(-c3ccc(N)nc3)cc2n1Cc1ccccc1OC(F)F. The minimum absolute atomic E-state index is 0.164. The number of aromatic nitrogens is 3. The normalized spacial score (nSPS) is 11.3. The van der Waals surface area contributed by atoms with E-state index in [0.29, 0.717) is 17.9 Å². The lowest BCUT2D eigenvalue weighted by Gasteiger charge is -2.13. The van der Waals surface area contributed by atoms with Crippen LogP contribution in [0.15, 0.2) is 60.8 Å². The molecule has 2 aromatic heterocycles. The molecule has 0 spiro atoms. The number of rotatable bonds is 5. The third kappa shape index (κ3) is 3.51. The molecule has 0 unspecified atom stereocenters. The third-order valence-corrected chi connectivity index (χ3v) is 4.58. The molecule has 5 nitrogen and oxygen atoms in total. The number of benzene rings is 2. The number of pyridine rings is 1. The summed E-state index contributed by atoms with van der Waals surface area (Å²) in [6.45, 7) is -0.609. The van der Waals surface area contributed by atoms with Crippen molar-refractivity contribution in [3.05, 3.63) is 72.2 Å². The molecule has 0 saturated heterocycles. The summed E-state index contributed by atoms with van der Waals surface area (Å²) in [7, 11) is 0. The Hall–Kier alpha value is -3.48. The van der Waals surface area contributed by atoms with Crippen LogP contribution in [-0.4, -0.2) is 21.1 Å². The van der Waals surface area contributed by atoms with Crippen molar-refractivity contribution in [2.75, 3.05) is 5.73 Å². The molecule has 2 aromatic carbocycles. The second kappa shape index (κ2) is 7.26. The summed E-state index contributed by atoms with van der Waals surface area (Å²) in [6, 6.07) is 16.4. The van der Waals surface area contributed by atoms with Gasteiger partial charge >= 0.3 is 6.61 Å². The van der Waals surface area contributed by atoms with Gasteiger partial charge in [-0.15, -0.1) is 0 Å². The Kier molecular flexibility index (Phi) is 4.65. The van der Waals surface area contributed by atoms with Gasteiger partial charge in [0.25, 0.3) is 0 Å². The smallest absolute Gasteiger partial charge is 0.387 e. The lowest BCUT2D eigenvalue weighted by Crippen LogP contribution is -2.08. The average molecular weight is 380 g/mol. The molecule has 142 valence electrons. The first-order chi connectivity index (χ1) is 13.5. The zero-order chi connectivity index (χ0) is 19.7. The maximum atomic E-state index is 12.7. The second-order valence-electron chi connectivity index (χ2n) is 6.41. The number of hydrogen-bond donors (Lipinski definition) is 1. The Bertz CT molecular complexity index is 1120. The molecule has 2 N–H and O–H groups in total. The molecule has 0 fully saturated rings. The number of alkyl halides is 2. The summed E-state index contributed by atoms with van der Waals surface area (Å²) in [6.07, 6.45) is 1.72. The van der Waals surface area contributed by atoms with Crippen molar-refractivity contribution in [3.8, 4) is 16.9 Å². The summed E-state index contributed by atoms with van der Waals surface area (Å²) in [5, 5.41) is 0. The van der Waals surface area contributed by atoms with Crippen LogP contribution in [0.2, 0.25) is 0 Å². The molecule has 0 bridgehead atoms. The van der Waals surface area contributed by atoms with E-state index in [1.54, 1.807) is 36.5 Å². The number of nitrogens with zero attached hydrogens (tertiary/aromatic N) is 3. The Morgan fingerprint density at radius 2 is 1.86 bits per heavy atom. The minimum atomic E-state index is -2.87. The summed E-state index contributed by atoms with van der Waals surface area (Å²) in [5.41, 5.74) is 9.96. The number of para-hydroxylation sites is 1. The largest absolute Gasteiger partial charge is 0.434 e. The molecular formula is C21H18F2N4O. The Balaban J connectivity index is 1.76. The van der Waals surface area contributed by atoms with Crippen molar-refractivity contribution in [2.45, 2.75) is 20.1 Å². The van der Waals surface area contributed by atoms with Crippen LogP contribution in [0.25, 0.3) is 22.2 Å². The third-order valence-electron chi connectivity index (χ3n) is 4.58. The highest BCUT2D eigenvalue weighted by Gasteiger charge is 2.14. The van der Waals surface area contributed by atoms with Gasteiger partial charge in [0.15, 0.2) is 0 Å². The van der Waals surface area contributed by atoms with Crippen molar-refractivity contribution in [2.24, 2.45) is 0 Å². The number of hydrogen-bond acceptors (Lipinski definition) is 4. The van der Waals surface area contributed by atoms with Crippen molar-refractivity contribution >= 4 is 16.9 Å². The number of anilines is 1. The Morgan fingerprint density at radius 1 is 1.07 bits per heavy atom. The standard InChI is InChI=1S/C21H18F2N4O/c1-13-26-17-8-6-14(15-7-9-20(24)25-11-15)10-18(17)27(13)12-16-4-2-3-5-19(16)28-21(22)23/h2-11,21H,12H2,1H3,(H2,24,25). The van der Waals surface area contributed by atoms with E-state index in [2.05, 4.69) is 14.7 Å². The number of imidazole rings is 1. The summed E-state index contributed by atoms with van der Waals surface area (Å²) in [4.78, 5) is 8.73.